The van der Waals surface area contributed by atoms with Gasteiger partial charge in [0, 0.05) is 32.1 Å². The molecule has 1 aliphatic carbocycles. The second-order valence-electron chi connectivity index (χ2n) is 7.52. The second-order valence-corrected chi connectivity index (χ2v) is 7.52. The summed E-state index contributed by atoms with van der Waals surface area (Å²) in [6.07, 6.45) is 4.18. The van der Waals surface area contributed by atoms with Crippen molar-refractivity contribution in [2.75, 3.05) is 32.8 Å². The van der Waals surface area contributed by atoms with E-state index >= 15 is 0 Å². The minimum atomic E-state index is 0. The highest BCUT2D eigenvalue weighted by Crippen LogP contribution is 2.25. The van der Waals surface area contributed by atoms with E-state index < -0.39 is 0 Å². The van der Waals surface area contributed by atoms with Gasteiger partial charge in [-0.3, -0.25) is 9.79 Å². The molecule has 0 aromatic heterocycles. The van der Waals surface area contributed by atoms with Crippen LogP contribution in [0.4, 0.5) is 0 Å². The Hall–Kier alpha value is -1.35. The fourth-order valence-electron chi connectivity index (χ4n) is 2.92. The molecule has 3 N–H and O–H groups in total. The lowest BCUT2D eigenvalue weighted by Crippen LogP contribution is -2.40. The average molecular weight is 516 g/mol. The predicted octanol–water partition coefficient (Wildman–Crippen LogP) is 3.32. The summed E-state index contributed by atoms with van der Waals surface area (Å²) in [5.74, 6) is 1.65. The van der Waals surface area contributed by atoms with Crippen molar-refractivity contribution in [2.45, 2.75) is 46.1 Å². The molecular formula is C22H37IN4O2. The summed E-state index contributed by atoms with van der Waals surface area (Å²) in [6, 6.07) is 10.2. The Morgan fingerprint density at radius 3 is 2.55 bits per heavy atom. The molecule has 0 spiro atoms. The number of benzene rings is 1. The van der Waals surface area contributed by atoms with Gasteiger partial charge in [-0.15, -0.1) is 24.0 Å². The molecule has 29 heavy (non-hydrogen) atoms. The van der Waals surface area contributed by atoms with Gasteiger partial charge in [0.15, 0.2) is 5.96 Å². The van der Waals surface area contributed by atoms with Gasteiger partial charge in [0.1, 0.15) is 0 Å². The number of nitrogens with zero attached hydrogens (tertiary/aromatic N) is 1. The maximum absolute atomic E-state index is 11.8. The van der Waals surface area contributed by atoms with Crippen molar-refractivity contribution in [1.29, 1.82) is 0 Å². The number of amides is 1. The van der Waals surface area contributed by atoms with Crippen LogP contribution in [-0.2, 0) is 16.1 Å². The van der Waals surface area contributed by atoms with E-state index in [-0.39, 0.29) is 35.8 Å². The molecule has 1 fully saturated rings. The molecule has 1 aliphatic rings. The van der Waals surface area contributed by atoms with E-state index in [9.17, 15) is 4.79 Å². The maximum atomic E-state index is 11.8. The molecule has 6 nitrogen and oxygen atoms in total. The summed E-state index contributed by atoms with van der Waals surface area (Å²) in [5.41, 5.74) is 1.19. The molecule has 0 saturated heterocycles. The molecule has 1 amide bonds. The van der Waals surface area contributed by atoms with Crippen molar-refractivity contribution in [1.82, 2.24) is 16.0 Å². The van der Waals surface area contributed by atoms with Crippen LogP contribution in [0.1, 0.15) is 45.1 Å². The Morgan fingerprint density at radius 2 is 1.90 bits per heavy atom. The first-order valence-electron chi connectivity index (χ1n) is 10.6. The number of aliphatic imine (C=N–C) groups is 1. The molecule has 1 unspecified atom stereocenters. The number of hydrogen-bond acceptors (Lipinski definition) is 3. The van der Waals surface area contributed by atoms with Crippen molar-refractivity contribution in [2.24, 2.45) is 16.8 Å². The summed E-state index contributed by atoms with van der Waals surface area (Å²) >= 11 is 0. The lowest BCUT2D eigenvalue weighted by molar-refractivity contribution is -0.127. The van der Waals surface area contributed by atoms with E-state index in [0.717, 1.165) is 38.3 Å². The van der Waals surface area contributed by atoms with Crippen molar-refractivity contribution in [3.8, 4) is 0 Å². The first-order valence-corrected chi connectivity index (χ1v) is 10.6. The standard InChI is InChI=1S/C22H36N4O2.HI/c1-3-23-22(25-14-8-13-24-21(27)20-11-7-12-20)26-15-18(2)16-28-17-19-9-5-4-6-10-19;/h4-6,9-10,18,20H,3,7-8,11-17H2,1-2H3,(H,24,27)(H2,23,25,26);1H. The van der Waals surface area contributed by atoms with Gasteiger partial charge < -0.3 is 20.7 Å². The number of ether oxygens (including phenoxy) is 1. The summed E-state index contributed by atoms with van der Waals surface area (Å²) < 4.78 is 5.79. The zero-order valence-corrected chi connectivity index (χ0v) is 20.1. The molecule has 0 radical (unpaired) electrons. The van der Waals surface area contributed by atoms with Crippen molar-refractivity contribution >= 4 is 35.8 Å². The molecule has 7 heteroatoms. The Bertz CT molecular complexity index is 594. The Morgan fingerprint density at radius 1 is 1.17 bits per heavy atom. The highest BCUT2D eigenvalue weighted by molar-refractivity contribution is 14.0. The number of halogens is 1. The Kier molecular flexibility index (Phi) is 13.7. The van der Waals surface area contributed by atoms with Crippen LogP contribution in [0.3, 0.4) is 0 Å². The normalized spacial score (nSPS) is 15.0. The van der Waals surface area contributed by atoms with E-state index in [1.165, 1.54) is 12.0 Å². The number of hydrogen-bond donors (Lipinski definition) is 3. The average Bonchev–Trinajstić information content (AvgIpc) is 2.65. The monoisotopic (exact) mass is 516 g/mol. The Labute approximate surface area is 192 Å². The molecule has 164 valence electrons. The number of rotatable bonds is 12. The van der Waals surface area contributed by atoms with Crippen LogP contribution in [0.25, 0.3) is 0 Å². The summed E-state index contributed by atoms with van der Waals surface area (Å²) in [4.78, 5) is 16.4. The van der Waals surface area contributed by atoms with Gasteiger partial charge in [-0.25, -0.2) is 0 Å². The lowest BCUT2D eigenvalue weighted by Gasteiger charge is -2.24. The molecule has 1 aromatic rings. The fourth-order valence-corrected chi connectivity index (χ4v) is 2.92. The number of carbonyl (C=O) groups is 1. The lowest BCUT2D eigenvalue weighted by atomic mass is 9.85. The minimum absolute atomic E-state index is 0. The smallest absolute Gasteiger partial charge is 0.223 e. The third-order valence-electron chi connectivity index (χ3n) is 4.84. The van der Waals surface area contributed by atoms with Crippen LogP contribution in [0.5, 0.6) is 0 Å². The highest BCUT2D eigenvalue weighted by atomic mass is 127. The van der Waals surface area contributed by atoms with Crippen molar-refractivity contribution in [3.63, 3.8) is 0 Å². The number of guanidine groups is 1. The third-order valence-corrected chi connectivity index (χ3v) is 4.84. The van der Waals surface area contributed by atoms with E-state index in [1.807, 2.05) is 18.2 Å². The first kappa shape index (κ1) is 25.7. The minimum Gasteiger partial charge on any atom is -0.376 e. The van der Waals surface area contributed by atoms with E-state index in [1.54, 1.807) is 0 Å². The SMILES string of the molecule is CCNC(=NCC(C)COCc1ccccc1)NCCCNC(=O)C1CCC1.I. The second kappa shape index (κ2) is 15.5. The van der Waals surface area contributed by atoms with Gasteiger partial charge in [0.05, 0.1) is 13.2 Å². The van der Waals surface area contributed by atoms with Crippen LogP contribution in [0.15, 0.2) is 35.3 Å². The van der Waals surface area contributed by atoms with Crippen molar-refractivity contribution in [3.05, 3.63) is 35.9 Å². The van der Waals surface area contributed by atoms with Gasteiger partial charge in [-0.2, -0.15) is 0 Å². The molecule has 0 aliphatic heterocycles. The number of carbonyl (C=O) groups excluding carboxylic acids is 1. The van der Waals surface area contributed by atoms with E-state index in [4.69, 9.17) is 4.74 Å². The quantitative estimate of drug-likeness (QED) is 0.173. The summed E-state index contributed by atoms with van der Waals surface area (Å²) in [7, 11) is 0. The Balaban J connectivity index is 0.00000420. The largest absolute Gasteiger partial charge is 0.376 e. The topological polar surface area (TPSA) is 74.8 Å². The number of nitrogens with one attached hydrogen (secondary N) is 3. The van der Waals surface area contributed by atoms with Gasteiger partial charge in [-0.1, -0.05) is 43.7 Å². The van der Waals surface area contributed by atoms with Crippen LogP contribution < -0.4 is 16.0 Å². The summed E-state index contributed by atoms with van der Waals surface area (Å²) in [5, 5.41) is 9.62. The van der Waals surface area contributed by atoms with Crippen LogP contribution >= 0.6 is 24.0 Å². The van der Waals surface area contributed by atoms with Crippen LogP contribution in [0.2, 0.25) is 0 Å². The van der Waals surface area contributed by atoms with Gasteiger partial charge in [-0.05, 0) is 37.7 Å². The van der Waals surface area contributed by atoms with E-state index in [2.05, 4.69) is 46.9 Å². The van der Waals surface area contributed by atoms with Crippen LogP contribution in [0, 0.1) is 11.8 Å². The molecular weight excluding hydrogens is 479 g/mol. The zero-order valence-electron chi connectivity index (χ0n) is 17.8. The van der Waals surface area contributed by atoms with Gasteiger partial charge >= 0.3 is 0 Å². The van der Waals surface area contributed by atoms with Gasteiger partial charge in [0.2, 0.25) is 5.91 Å². The molecule has 0 bridgehead atoms. The predicted molar refractivity (Wildman–Crippen MR) is 130 cm³/mol. The first-order chi connectivity index (χ1) is 13.7. The molecule has 0 heterocycles. The molecule has 1 atom stereocenters. The molecule has 1 aromatic carbocycles. The van der Waals surface area contributed by atoms with Crippen LogP contribution in [-0.4, -0.2) is 44.7 Å². The molecule has 1 saturated carbocycles. The highest BCUT2D eigenvalue weighted by Gasteiger charge is 2.24. The fraction of sp³-hybridized carbons (Fsp3) is 0.636. The van der Waals surface area contributed by atoms with Crippen molar-refractivity contribution < 1.29 is 9.53 Å². The van der Waals surface area contributed by atoms with Gasteiger partial charge in [0.25, 0.3) is 0 Å². The molecule has 2 rings (SSSR count). The summed E-state index contributed by atoms with van der Waals surface area (Å²) in [6.45, 7) is 8.56. The van der Waals surface area contributed by atoms with E-state index in [0.29, 0.717) is 32.2 Å². The third kappa shape index (κ3) is 10.8. The zero-order chi connectivity index (χ0) is 20.0. The maximum Gasteiger partial charge on any atom is 0.223 e.